The summed E-state index contributed by atoms with van der Waals surface area (Å²) in [7, 11) is 1.97. The van der Waals surface area contributed by atoms with Crippen molar-refractivity contribution in [2.45, 2.75) is 29.7 Å². The normalized spacial score (nSPS) is 16.5. The van der Waals surface area contributed by atoms with Crippen LogP contribution in [-0.2, 0) is 12.8 Å². The molecule has 8 heteroatoms. The van der Waals surface area contributed by atoms with Gasteiger partial charge in [0.1, 0.15) is 11.6 Å². The molecule has 1 unspecified atom stereocenters. The Balaban J connectivity index is 1.40. The van der Waals surface area contributed by atoms with E-state index in [2.05, 4.69) is 27.6 Å². The van der Waals surface area contributed by atoms with Crippen LogP contribution in [0.25, 0.3) is 0 Å². The second kappa shape index (κ2) is 9.30. The summed E-state index contributed by atoms with van der Waals surface area (Å²) >= 11 is 1.65. The van der Waals surface area contributed by atoms with Gasteiger partial charge in [0.05, 0.1) is 5.69 Å². The van der Waals surface area contributed by atoms with Crippen LogP contribution >= 0.6 is 11.8 Å². The summed E-state index contributed by atoms with van der Waals surface area (Å²) in [5.41, 5.74) is 1.43. The summed E-state index contributed by atoms with van der Waals surface area (Å²) in [4.78, 5) is 14.4. The van der Waals surface area contributed by atoms with Gasteiger partial charge in [0, 0.05) is 31.8 Å². The van der Waals surface area contributed by atoms with Gasteiger partial charge in [0.15, 0.2) is 5.16 Å². The van der Waals surface area contributed by atoms with Crippen LogP contribution in [0.4, 0.5) is 14.9 Å². The van der Waals surface area contributed by atoms with E-state index in [0.29, 0.717) is 13.1 Å². The molecule has 0 spiro atoms. The van der Waals surface area contributed by atoms with Gasteiger partial charge in [0.25, 0.3) is 0 Å². The molecule has 156 valence electrons. The van der Waals surface area contributed by atoms with Crippen LogP contribution in [0.2, 0.25) is 0 Å². The number of nitrogens with one attached hydrogen (secondary N) is 1. The first kappa shape index (κ1) is 20.4. The number of thioether (sulfide) groups is 1. The van der Waals surface area contributed by atoms with E-state index in [0.717, 1.165) is 29.6 Å². The Bertz CT molecular complexity index is 1010. The largest absolute Gasteiger partial charge is 0.324 e. The summed E-state index contributed by atoms with van der Waals surface area (Å²) in [5.74, 6) is 1.38. The number of rotatable bonds is 5. The monoisotopic (exact) mass is 425 g/mol. The molecule has 1 N–H and O–H groups in total. The van der Waals surface area contributed by atoms with Gasteiger partial charge in [-0.05, 0) is 30.5 Å². The van der Waals surface area contributed by atoms with Crippen molar-refractivity contribution >= 4 is 23.5 Å². The van der Waals surface area contributed by atoms with Gasteiger partial charge in [0.2, 0.25) is 0 Å². The molecule has 2 amide bonds. The van der Waals surface area contributed by atoms with E-state index in [-0.39, 0.29) is 17.6 Å². The average molecular weight is 426 g/mol. The van der Waals surface area contributed by atoms with Crippen molar-refractivity contribution in [3.63, 3.8) is 0 Å². The number of hydrogen-bond donors (Lipinski definition) is 1. The van der Waals surface area contributed by atoms with Crippen molar-refractivity contribution in [3.8, 4) is 0 Å². The van der Waals surface area contributed by atoms with Gasteiger partial charge in [-0.25, -0.2) is 9.18 Å². The second-order valence-corrected chi connectivity index (χ2v) is 8.31. The molecule has 6 nitrogen and oxygen atoms in total. The minimum atomic E-state index is -0.437. The number of hydrogen-bond acceptors (Lipinski definition) is 4. The molecular weight excluding hydrogens is 401 g/mol. The zero-order valence-electron chi connectivity index (χ0n) is 16.8. The Hall–Kier alpha value is -2.87. The highest BCUT2D eigenvalue weighted by molar-refractivity contribution is 7.98. The maximum Gasteiger partial charge on any atom is 0.321 e. The van der Waals surface area contributed by atoms with E-state index in [9.17, 15) is 9.18 Å². The predicted octanol–water partition coefficient (Wildman–Crippen LogP) is 4.66. The zero-order chi connectivity index (χ0) is 20.9. The molecule has 3 aromatic rings. The summed E-state index contributed by atoms with van der Waals surface area (Å²) < 4.78 is 15.9. The molecule has 1 fully saturated rings. The van der Waals surface area contributed by atoms with Gasteiger partial charge >= 0.3 is 6.03 Å². The lowest BCUT2D eigenvalue weighted by molar-refractivity contribution is 0.190. The van der Waals surface area contributed by atoms with Crippen molar-refractivity contribution < 1.29 is 9.18 Å². The molecule has 30 heavy (non-hydrogen) atoms. The number of piperidine rings is 1. The fourth-order valence-electron chi connectivity index (χ4n) is 3.66. The summed E-state index contributed by atoms with van der Waals surface area (Å²) in [6.07, 6.45) is 1.81. The molecule has 2 heterocycles. The van der Waals surface area contributed by atoms with Crippen molar-refractivity contribution in [3.05, 3.63) is 71.8 Å². The van der Waals surface area contributed by atoms with Crippen molar-refractivity contribution in [2.75, 3.05) is 18.4 Å². The number of anilines is 1. The average Bonchev–Trinajstić information content (AvgIpc) is 3.15. The van der Waals surface area contributed by atoms with E-state index in [1.165, 1.54) is 11.6 Å². The van der Waals surface area contributed by atoms with Crippen LogP contribution in [0.15, 0.2) is 59.8 Å². The summed E-state index contributed by atoms with van der Waals surface area (Å²) in [6, 6.07) is 16.2. The number of urea groups is 1. The van der Waals surface area contributed by atoms with Gasteiger partial charge in [-0.15, -0.1) is 10.2 Å². The number of carbonyl (C=O) groups is 1. The second-order valence-electron chi connectivity index (χ2n) is 7.37. The third kappa shape index (κ3) is 4.64. The molecule has 1 aliphatic heterocycles. The molecule has 0 aliphatic carbocycles. The Morgan fingerprint density at radius 1 is 1.17 bits per heavy atom. The third-order valence-electron chi connectivity index (χ3n) is 5.27. The smallest absolute Gasteiger partial charge is 0.321 e. The first-order valence-electron chi connectivity index (χ1n) is 9.98. The highest BCUT2D eigenvalue weighted by Gasteiger charge is 2.28. The van der Waals surface area contributed by atoms with Crippen molar-refractivity contribution in [2.24, 2.45) is 7.05 Å². The molecule has 0 bridgehead atoms. The fourth-order valence-corrected chi connectivity index (χ4v) is 4.53. The molecule has 0 radical (unpaired) electrons. The molecule has 1 saturated heterocycles. The number of likely N-dealkylation sites (tertiary alicyclic amines) is 1. The van der Waals surface area contributed by atoms with E-state index >= 15 is 0 Å². The minimum absolute atomic E-state index is 0.105. The fraction of sp³-hybridized carbons (Fsp3) is 0.318. The number of carbonyl (C=O) groups excluding carboxylic acids is 1. The Kier molecular flexibility index (Phi) is 6.32. The lowest BCUT2D eigenvalue weighted by Gasteiger charge is -2.32. The van der Waals surface area contributed by atoms with E-state index in [4.69, 9.17) is 0 Å². The molecular formula is C22H24FN5OS. The number of nitrogens with zero attached hydrogens (tertiary/aromatic N) is 4. The summed E-state index contributed by atoms with van der Waals surface area (Å²) in [6.45, 7) is 1.18. The van der Waals surface area contributed by atoms with Crippen LogP contribution in [0.1, 0.15) is 30.1 Å². The van der Waals surface area contributed by atoms with Crippen LogP contribution in [0, 0.1) is 5.82 Å². The molecule has 1 aliphatic rings. The maximum absolute atomic E-state index is 13.9. The first-order valence-corrected chi connectivity index (χ1v) is 11.0. The highest BCUT2D eigenvalue weighted by atomic mass is 32.2. The molecule has 0 saturated carbocycles. The molecule has 4 rings (SSSR count). The Morgan fingerprint density at radius 2 is 1.93 bits per heavy atom. The zero-order valence-corrected chi connectivity index (χ0v) is 17.6. The van der Waals surface area contributed by atoms with E-state index in [1.807, 2.05) is 29.8 Å². The van der Waals surface area contributed by atoms with Crippen LogP contribution in [0.3, 0.4) is 0 Å². The van der Waals surface area contributed by atoms with E-state index in [1.54, 1.807) is 34.9 Å². The van der Waals surface area contributed by atoms with Crippen LogP contribution in [0.5, 0.6) is 0 Å². The quantitative estimate of drug-likeness (QED) is 0.604. The first-order chi connectivity index (χ1) is 14.6. The maximum atomic E-state index is 13.9. The highest BCUT2D eigenvalue weighted by Crippen LogP contribution is 2.29. The van der Waals surface area contributed by atoms with Crippen LogP contribution in [-0.4, -0.2) is 38.8 Å². The Morgan fingerprint density at radius 3 is 2.73 bits per heavy atom. The predicted molar refractivity (Wildman–Crippen MR) is 116 cm³/mol. The standard InChI is InChI=1S/C22H24FN5OS/c1-27-20(25-26-22(27)30-15-16-8-3-2-4-9-16)17-10-7-13-28(14-17)21(29)24-19-12-6-5-11-18(19)23/h2-6,8-9,11-12,17H,7,10,13-15H2,1H3,(H,24,29). The minimum Gasteiger partial charge on any atom is -0.324 e. The number of halogens is 1. The van der Waals surface area contributed by atoms with Gasteiger partial charge in [-0.2, -0.15) is 0 Å². The van der Waals surface area contributed by atoms with Gasteiger partial charge in [-0.3, -0.25) is 0 Å². The number of aromatic nitrogens is 3. The molecule has 2 aromatic carbocycles. The van der Waals surface area contributed by atoms with Crippen LogP contribution < -0.4 is 5.32 Å². The van der Waals surface area contributed by atoms with Gasteiger partial charge in [-0.1, -0.05) is 54.2 Å². The third-order valence-corrected chi connectivity index (χ3v) is 6.36. The number of benzene rings is 2. The summed E-state index contributed by atoms with van der Waals surface area (Å²) in [5, 5.41) is 12.3. The number of amides is 2. The molecule has 1 atom stereocenters. The van der Waals surface area contributed by atoms with Crippen molar-refractivity contribution in [1.29, 1.82) is 0 Å². The molecule has 1 aromatic heterocycles. The lowest BCUT2D eigenvalue weighted by Crippen LogP contribution is -2.42. The van der Waals surface area contributed by atoms with E-state index < -0.39 is 5.82 Å². The Labute approximate surface area is 179 Å². The lowest BCUT2D eigenvalue weighted by atomic mass is 9.97. The SMILES string of the molecule is Cn1c(SCc2ccccc2)nnc1C1CCCN(C(=O)Nc2ccccc2F)C1. The number of para-hydroxylation sites is 1. The van der Waals surface area contributed by atoms with Crippen molar-refractivity contribution in [1.82, 2.24) is 19.7 Å². The van der Waals surface area contributed by atoms with Gasteiger partial charge < -0.3 is 14.8 Å². The topological polar surface area (TPSA) is 63.1 Å².